The Morgan fingerprint density at radius 1 is 1.43 bits per heavy atom. The Labute approximate surface area is 141 Å². The average Bonchev–Trinajstić information content (AvgIpc) is 3.12. The molecule has 2 aromatic rings. The molecule has 7 heteroatoms. The van der Waals surface area contributed by atoms with E-state index in [1.807, 2.05) is 0 Å². The maximum atomic E-state index is 5.38. The largest absolute Gasteiger partial charge is 0.361 e. The summed E-state index contributed by atoms with van der Waals surface area (Å²) in [6.45, 7) is 6.47. The molecular weight excluding hydrogens is 310 g/mol. The van der Waals surface area contributed by atoms with Crippen LogP contribution < -0.4 is 5.32 Å². The van der Waals surface area contributed by atoms with Crippen LogP contribution in [-0.4, -0.2) is 33.0 Å². The van der Waals surface area contributed by atoms with Crippen LogP contribution in [0.3, 0.4) is 0 Å². The number of rotatable bonds is 6. The van der Waals surface area contributed by atoms with Gasteiger partial charge < -0.3 is 14.4 Å². The minimum atomic E-state index is 0.472. The van der Waals surface area contributed by atoms with Gasteiger partial charge >= 0.3 is 0 Å². The van der Waals surface area contributed by atoms with E-state index >= 15 is 0 Å². The van der Waals surface area contributed by atoms with Crippen molar-refractivity contribution in [3.63, 3.8) is 0 Å². The molecule has 1 atom stereocenters. The minimum Gasteiger partial charge on any atom is -0.361 e. The van der Waals surface area contributed by atoms with E-state index in [0.717, 1.165) is 47.7 Å². The maximum Gasteiger partial charge on any atom is 0.191 e. The predicted molar refractivity (Wildman–Crippen MR) is 90.5 cm³/mol. The normalized spacial score (nSPS) is 18.7. The lowest BCUT2D eigenvalue weighted by Gasteiger charge is -2.21. The zero-order valence-corrected chi connectivity index (χ0v) is 14.9. The molecule has 126 valence electrons. The van der Waals surface area contributed by atoms with Crippen molar-refractivity contribution in [1.29, 1.82) is 0 Å². The van der Waals surface area contributed by atoms with Crippen LogP contribution in [-0.2, 0) is 19.2 Å². The van der Waals surface area contributed by atoms with Gasteiger partial charge in [-0.1, -0.05) is 30.8 Å². The van der Waals surface area contributed by atoms with E-state index in [1.165, 1.54) is 12.8 Å². The molecular formula is C16H25N5OS. The Bertz CT molecular complexity index is 630. The topological polar surface area (TPSA) is 68.8 Å². The van der Waals surface area contributed by atoms with Crippen LogP contribution in [0.4, 0.5) is 0 Å². The maximum absolute atomic E-state index is 5.38. The molecule has 0 saturated carbocycles. The Balaban J connectivity index is 1.60. The molecule has 23 heavy (non-hydrogen) atoms. The lowest BCUT2D eigenvalue weighted by atomic mass is 9.99. The average molecular weight is 335 g/mol. The summed E-state index contributed by atoms with van der Waals surface area (Å²) < 4.78 is 7.50. The van der Waals surface area contributed by atoms with Crippen molar-refractivity contribution < 1.29 is 4.52 Å². The van der Waals surface area contributed by atoms with Gasteiger partial charge in [0.2, 0.25) is 0 Å². The van der Waals surface area contributed by atoms with E-state index in [4.69, 9.17) is 4.52 Å². The second-order valence-electron chi connectivity index (χ2n) is 6.61. The van der Waals surface area contributed by atoms with Crippen molar-refractivity contribution >= 4 is 11.8 Å². The summed E-state index contributed by atoms with van der Waals surface area (Å²) in [5.74, 6) is 3.85. The zero-order valence-electron chi connectivity index (χ0n) is 14.1. The van der Waals surface area contributed by atoms with Gasteiger partial charge in [-0.15, -0.1) is 10.2 Å². The smallest absolute Gasteiger partial charge is 0.191 e. The van der Waals surface area contributed by atoms with E-state index in [9.17, 15) is 0 Å². The van der Waals surface area contributed by atoms with E-state index in [-0.39, 0.29) is 0 Å². The molecule has 0 aliphatic carbocycles. The molecule has 0 spiro atoms. The molecule has 1 fully saturated rings. The fraction of sp³-hybridized carbons (Fsp3) is 0.688. The third kappa shape index (κ3) is 4.14. The first-order chi connectivity index (χ1) is 11.1. The van der Waals surface area contributed by atoms with Crippen LogP contribution >= 0.6 is 11.8 Å². The zero-order chi connectivity index (χ0) is 16.2. The third-order valence-corrected chi connectivity index (χ3v) is 5.15. The lowest BCUT2D eigenvalue weighted by molar-refractivity contribution is 0.365. The third-order valence-electron chi connectivity index (χ3n) is 4.10. The molecule has 0 aromatic carbocycles. The van der Waals surface area contributed by atoms with Gasteiger partial charge in [0.05, 0.1) is 5.69 Å². The first kappa shape index (κ1) is 16.5. The van der Waals surface area contributed by atoms with Gasteiger partial charge in [0, 0.05) is 37.8 Å². The van der Waals surface area contributed by atoms with Gasteiger partial charge in [-0.25, -0.2) is 0 Å². The van der Waals surface area contributed by atoms with Gasteiger partial charge in [-0.05, 0) is 25.3 Å². The van der Waals surface area contributed by atoms with Crippen molar-refractivity contribution in [2.75, 3.05) is 13.1 Å². The Kier molecular flexibility index (Phi) is 5.38. The van der Waals surface area contributed by atoms with Gasteiger partial charge in [-0.3, -0.25) is 0 Å². The summed E-state index contributed by atoms with van der Waals surface area (Å²) in [6.07, 6.45) is 3.32. The number of hydrogen-bond donors (Lipinski definition) is 1. The number of thioether (sulfide) groups is 1. The Hall–Kier alpha value is -1.34. The van der Waals surface area contributed by atoms with Gasteiger partial charge in [-0.2, -0.15) is 0 Å². The Morgan fingerprint density at radius 3 is 3.04 bits per heavy atom. The number of hydrogen-bond acceptors (Lipinski definition) is 6. The fourth-order valence-electron chi connectivity index (χ4n) is 2.94. The molecule has 1 N–H and O–H groups in total. The van der Waals surface area contributed by atoms with Crippen molar-refractivity contribution in [1.82, 2.24) is 25.2 Å². The molecule has 3 heterocycles. The highest BCUT2D eigenvalue weighted by Crippen LogP contribution is 2.26. The Morgan fingerprint density at radius 2 is 2.30 bits per heavy atom. The van der Waals surface area contributed by atoms with Crippen molar-refractivity contribution in [3.8, 4) is 0 Å². The fourth-order valence-corrected chi connectivity index (χ4v) is 3.74. The highest BCUT2D eigenvalue weighted by atomic mass is 32.2. The highest BCUT2D eigenvalue weighted by molar-refractivity contribution is 7.98. The van der Waals surface area contributed by atoms with Gasteiger partial charge in [0.15, 0.2) is 5.16 Å². The summed E-state index contributed by atoms with van der Waals surface area (Å²) in [5, 5.41) is 17.3. The molecule has 1 aliphatic rings. The number of nitrogens with one attached hydrogen (secondary N) is 1. The molecule has 1 aliphatic heterocycles. The monoisotopic (exact) mass is 335 g/mol. The second kappa shape index (κ2) is 7.49. The van der Waals surface area contributed by atoms with Gasteiger partial charge in [0.1, 0.15) is 11.6 Å². The number of nitrogens with zero attached hydrogens (tertiary/aromatic N) is 4. The van der Waals surface area contributed by atoms with Crippen LogP contribution in [0.25, 0.3) is 0 Å². The molecule has 0 amide bonds. The van der Waals surface area contributed by atoms with E-state index in [0.29, 0.717) is 11.8 Å². The first-order valence-corrected chi connectivity index (χ1v) is 9.29. The number of piperidine rings is 1. The van der Waals surface area contributed by atoms with E-state index < -0.39 is 0 Å². The van der Waals surface area contributed by atoms with Crippen molar-refractivity contribution in [2.45, 2.75) is 49.9 Å². The molecule has 0 unspecified atom stereocenters. The second-order valence-corrected chi connectivity index (χ2v) is 7.56. The molecule has 0 bridgehead atoms. The van der Waals surface area contributed by atoms with E-state index in [1.54, 1.807) is 11.8 Å². The molecule has 3 rings (SSSR count). The SMILES string of the molecule is CC(C)Cc1cc(CSc2nnc([C@@H]3CCCNC3)n2C)no1. The van der Waals surface area contributed by atoms with Crippen LogP contribution in [0.2, 0.25) is 0 Å². The van der Waals surface area contributed by atoms with Crippen molar-refractivity contribution in [3.05, 3.63) is 23.3 Å². The summed E-state index contributed by atoms with van der Waals surface area (Å²) in [6, 6.07) is 2.05. The minimum absolute atomic E-state index is 0.472. The van der Waals surface area contributed by atoms with Crippen LogP contribution in [0, 0.1) is 5.92 Å². The number of aromatic nitrogens is 4. The van der Waals surface area contributed by atoms with Crippen LogP contribution in [0.5, 0.6) is 0 Å². The lowest BCUT2D eigenvalue weighted by Crippen LogP contribution is -2.29. The quantitative estimate of drug-likeness (QED) is 0.819. The van der Waals surface area contributed by atoms with E-state index in [2.05, 4.69) is 52.2 Å². The highest BCUT2D eigenvalue weighted by Gasteiger charge is 2.21. The molecule has 0 radical (unpaired) electrons. The summed E-state index contributed by atoms with van der Waals surface area (Å²) in [4.78, 5) is 0. The van der Waals surface area contributed by atoms with Gasteiger partial charge in [0.25, 0.3) is 0 Å². The van der Waals surface area contributed by atoms with Crippen LogP contribution in [0.1, 0.15) is 49.9 Å². The summed E-state index contributed by atoms with van der Waals surface area (Å²) in [7, 11) is 2.05. The molecule has 1 saturated heterocycles. The predicted octanol–water partition coefficient (Wildman–Crippen LogP) is 2.76. The summed E-state index contributed by atoms with van der Waals surface area (Å²) in [5.41, 5.74) is 0.967. The first-order valence-electron chi connectivity index (χ1n) is 8.30. The van der Waals surface area contributed by atoms with Crippen molar-refractivity contribution in [2.24, 2.45) is 13.0 Å². The van der Waals surface area contributed by atoms with Crippen LogP contribution in [0.15, 0.2) is 15.7 Å². The molecule has 2 aromatic heterocycles. The standard InChI is InChI=1S/C16H25N5OS/c1-11(2)7-14-8-13(20-22-14)10-23-16-19-18-15(21(16)3)12-5-4-6-17-9-12/h8,11-12,17H,4-7,9-10H2,1-3H3/t12-/m1/s1. The molecule has 6 nitrogen and oxygen atoms in total. The summed E-state index contributed by atoms with van der Waals surface area (Å²) >= 11 is 1.66.